The van der Waals surface area contributed by atoms with Crippen molar-refractivity contribution in [3.8, 4) is 22.5 Å². The highest BCUT2D eigenvalue weighted by molar-refractivity contribution is 6.03. The number of carbonyl (C=O) groups is 1. The van der Waals surface area contributed by atoms with Gasteiger partial charge in [0.25, 0.3) is 0 Å². The van der Waals surface area contributed by atoms with E-state index in [2.05, 4.69) is 33.1 Å². The van der Waals surface area contributed by atoms with E-state index in [1.54, 1.807) is 0 Å². The molecule has 0 atom stereocenters. The number of pyridine rings is 1. The van der Waals surface area contributed by atoms with Crippen molar-refractivity contribution in [2.24, 2.45) is 0 Å². The summed E-state index contributed by atoms with van der Waals surface area (Å²) >= 11 is 0. The van der Waals surface area contributed by atoms with Crippen LogP contribution in [0.5, 0.6) is 0 Å². The Labute approximate surface area is 194 Å². The first kappa shape index (κ1) is 20.4. The first-order valence-corrected chi connectivity index (χ1v) is 12.1. The smallest absolute Gasteiger partial charge is 0.246 e. The van der Waals surface area contributed by atoms with Gasteiger partial charge in [0.05, 0.1) is 23.6 Å². The van der Waals surface area contributed by atoms with E-state index in [0.717, 1.165) is 85.1 Å². The molecule has 0 spiro atoms. The zero-order valence-electron chi connectivity index (χ0n) is 19.2. The maximum atomic E-state index is 12.9. The summed E-state index contributed by atoms with van der Waals surface area (Å²) in [6, 6.07) is 12.6. The molecule has 2 aromatic heterocycles. The Kier molecular flexibility index (Phi) is 5.14. The summed E-state index contributed by atoms with van der Waals surface area (Å²) in [5, 5.41) is 8.28. The number of likely N-dealkylation sites (tertiary alicyclic amines) is 1. The van der Waals surface area contributed by atoms with Crippen LogP contribution in [0.15, 0.2) is 36.4 Å². The second kappa shape index (κ2) is 8.30. The maximum Gasteiger partial charge on any atom is 0.246 e. The van der Waals surface area contributed by atoms with E-state index in [9.17, 15) is 4.79 Å². The fourth-order valence-electron chi connectivity index (χ4n) is 5.44. The highest BCUT2D eigenvalue weighted by Crippen LogP contribution is 2.40. The Morgan fingerprint density at radius 1 is 1.03 bits per heavy atom. The summed E-state index contributed by atoms with van der Waals surface area (Å²) in [5.74, 6) is 0.139. The highest BCUT2D eigenvalue weighted by atomic mass is 16.2. The van der Waals surface area contributed by atoms with Gasteiger partial charge >= 0.3 is 0 Å². The molecule has 6 rings (SSSR count). The molecule has 1 amide bonds. The number of nitrogens with zero attached hydrogens (tertiary/aromatic N) is 5. The van der Waals surface area contributed by atoms with Crippen molar-refractivity contribution in [1.82, 2.24) is 19.7 Å². The molecule has 7 nitrogen and oxygen atoms in total. The lowest BCUT2D eigenvalue weighted by atomic mass is 9.98. The quantitative estimate of drug-likeness (QED) is 0.652. The van der Waals surface area contributed by atoms with Crippen LogP contribution in [0.3, 0.4) is 0 Å². The van der Waals surface area contributed by atoms with E-state index in [0.29, 0.717) is 6.54 Å². The van der Waals surface area contributed by atoms with Gasteiger partial charge in [-0.1, -0.05) is 12.1 Å². The highest BCUT2D eigenvalue weighted by Gasteiger charge is 2.28. The number of aromatic nitrogens is 3. The molecule has 1 fully saturated rings. The van der Waals surface area contributed by atoms with E-state index in [-0.39, 0.29) is 5.91 Å². The average molecular weight is 443 g/mol. The third kappa shape index (κ3) is 3.70. The molecule has 1 aromatic carbocycles. The van der Waals surface area contributed by atoms with Gasteiger partial charge in [-0.2, -0.15) is 5.10 Å². The molecule has 5 heterocycles. The molecule has 3 aromatic rings. The largest absolute Gasteiger partial charge is 0.374 e. The summed E-state index contributed by atoms with van der Waals surface area (Å²) < 4.78 is 2.14. The summed E-state index contributed by atoms with van der Waals surface area (Å²) in [6.45, 7) is 7.26. The van der Waals surface area contributed by atoms with Crippen molar-refractivity contribution in [3.05, 3.63) is 47.8 Å². The van der Waals surface area contributed by atoms with Gasteiger partial charge in [-0.25, -0.2) is 0 Å². The van der Waals surface area contributed by atoms with Crippen LogP contribution in [0.4, 0.5) is 11.4 Å². The minimum atomic E-state index is 0.139. The van der Waals surface area contributed by atoms with Crippen LogP contribution in [-0.2, 0) is 17.8 Å². The van der Waals surface area contributed by atoms with Crippen LogP contribution in [0.1, 0.15) is 30.7 Å². The minimum absolute atomic E-state index is 0.139. The fourth-order valence-corrected chi connectivity index (χ4v) is 5.44. The lowest BCUT2D eigenvalue weighted by molar-refractivity contribution is -0.117. The van der Waals surface area contributed by atoms with E-state index in [1.807, 2.05) is 30.0 Å². The fraction of sp³-hybridized carbons (Fsp3) is 0.423. The molecule has 3 aliphatic heterocycles. The number of nitrogens with one attached hydrogen (secondary N) is 1. The Bertz CT molecular complexity index is 1210. The number of rotatable bonds is 5. The van der Waals surface area contributed by atoms with Gasteiger partial charge < -0.3 is 15.1 Å². The van der Waals surface area contributed by atoms with Crippen LogP contribution in [0.25, 0.3) is 22.5 Å². The van der Waals surface area contributed by atoms with Gasteiger partial charge in [-0.3, -0.25) is 14.5 Å². The summed E-state index contributed by atoms with van der Waals surface area (Å²) in [6.07, 6.45) is 4.66. The van der Waals surface area contributed by atoms with E-state index >= 15 is 0 Å². The molecular formula is C26H30N6O. The number of hydrogen-bond acceptors (Lipinski definition) is 5. The third-order valence-corrected chi connectivity index (χ3v) is 7.12. The van der Waals surface area contributed by atoms with Gasteiger partial charge in [0.2, 0.25) is 5.91 Å². The number of amides is 1. The lowest BCUT2D eigenvalue weighted by Crippen LogP contribution is -2.43. The predicted octanol–water partition coefficient (Wildman–Crippen LogP) is 3.72. The van der Waals surface area contributed by atoms with Crippen molar-refractivity contribution in [2.45, 2.75) is 39.2 Å². The van der Waals surface area contributed by atoms with E-state index < -0.39 is 0 Å². The molecule has 1 N–H and O–H groups in total. The number of carbonyl (C=O) groups excluding carboxylic acids is 1. The second-order valence-electron chi connectivity index (χ2n) is 9.34. The Balaban J connectivity index is 1.41. The Hall–Kier alpha value is -3.19. The molecule has 3 aliphatic rings. The zero-order valence-corrected chi connectivity index (χ0v) is 19.2. The molecule has 170 valence electrons. The molecule has 7 heteroatoms. The first-order valence-electron chi connectivity index (χ1n) is 12.1. The number of anilines is 2. The SMILES string of the molecule is Cc1cccc(-c2nn3c(c2-c2ccc4c(c2)N(CCN2CCCC2)C(=O)CN4)CCC3)n1. The third-order valence-electron chi connectivity index (χ3n) is 7.12. The van der Waals surface area contributed by atoms with Crippen molar-refractivity contribution >= 4 is 17.3 Å². The van der Waals surface area contributed by atoms with E-state index in [1.165, 1.54) is 18.5 Å². The molecule has 33 heavy (non-hydrogen) atoms. The van der Waals surface area contributed by atoms with Crippen LogP contribution < -0.4 is 10.2 Å². The van der Waals surface area contributed by atoms with Crippen LogP contribution in [-0.4, -0.2) is 58.3 Å². The van der Waals surface area contributed by atoms with Crippen LogP contribution in [0, 0.1) is 6.92 Å². The number of fused-ring (bicyclic) bond motifs is 2. The van der Waals surface area contributed by atoms with Gasteiger partial charge in [0, 0.05) is 36.6 Å². The lowest BCUT2D eigenvalue weighted by Gasteiger charge is -2.32. The van der Waals surface area contributed by atoms with Crippen molar-refractivity contribution in [1.29, 1.82) is 0 Å². The minimum Gasteiger partial charge on any atom is -0.374 e. The van der Waals surface area contributed by atoms with Crippen molar-refractivity contribution in [3.63, 3.8) is 0 Å². The van der Waals surface area contributed by atoms with Gasteiger partial charge in [0.15, 0.2) is 0 Å². The first-order chi connectivity index (χ1) is 16.2. The zero-order chi connectivity index (χ0) is 22.4. The Morgan fingerprint density at radius 3 is 2.76 bits per heavy atom. The summed E-state index contributed by atoms with van der Waals surface area (Å²) in [5.41, 5.74) is 8.37. The molecule has 0 saturated carbocycles. The van der Waals surface area contributed by atoms with Crippen LogP contribution in [0.2, 0.25) is 0 Å². The standard InChI is InChI=1S/C26H30N6O/c1-18-6-4-7-21(28-18)26-25(22-8-5-13-32(22)29-26)19-9-10-20-23(16-19)31(24(33)17-27-20)15-14-30-11-2-3-12-30/h4,6-7,9-10,16,27H,2-3,5,8,11-15,17H2,1H3. The van der Waals surface area contributed by atoms with Gasteiger partial charge in [0.1, 0.15) is 5.69 Å². The second-order valence-corrected chi connectivity index (χ2v) is 9.34. The maximum absolute atomic E-state index is 12.9. The van der Waals surface area contributed by atoms with Crippen molar-refractivity contribution in [2.75, 3.05) is 42.9 Å². The molecule has 0 aliphatic carbocycles. The summed E-state index contributed by atoms with van der Waals surface area (Å²) in [7, 11) is 0. The summed E-state index contributed by atoms with van der Waals surface area (Å²) in [4.78, 5) is 22.1. The van der Waals surface area contributed by atoms with Gasteiger partial charge in [-0.15, -0.1) is 0 Å². The number of benzene rings is 1. The normalized spacial score (nSPS) is 17.8. The average Bonchev–Trinajstić information content (AvgIpc) is 3.56. The number of aryl methyl sites for hydroxylation is 2. The molecular weight excluding hydrogens is 412 g/mol. The molecule has 0 unspecified atom stereocenters. The number of hydrogen-bond donors (Lipinski definition) is 1. The molecule has 0 bridgehead atoms. The molecule has 1 saturated heterocycles. The topological polar surface area (TPSA) is 66.3 Å². The van der Waals surface area contributed by atoms with Crippen LogP contribution >= 0.6 is 0 Å². The Morgan fingerprint density at radius 2 is 1.91 bits per heavy atom. The van der Waals surface area contributed by atoms with E-state index in [4.69, 9.17) is 10.1 Å². The van der Waals surface area contributed by atoms with Crippen molar-refractivity contribution < 1.29 is 4.79 Å². The molecule has 0 radical (unpaired) electrons. The monoisotopic (exact) mass is 442 g/mol. The predicted molar refractivity (Wildman–Crippen MR) is 130 cm³/mol. The van der Waals surface area contributed by atoms with Gasteiger partial charge in [-0.05, 0) is 75.5 Å².